The number of aryl methyl sites for hydroxylation is 1. The Kier molecular flexibility index (Phi) is 7.22. The topological polar surface area (TPSA) is 130 Å². The molecule has 0 aliphatic carbocycles. The summed E-state index contributed by atoms with van der Waals surface area (Å²) >= 11 is 0. The fourth-order valence-corrected chi connectivity index (χ4v) is 4.26. The lowest BCUT2D eigenvalue weighted by molar-refractivity contribution is -0.123. The molecule has 184 valence electrons. The molecule has 1 aliphatic rings. The molecule has 0 fully saturated rings. The SMILES string of the molecule is C=CCN1C(=O)c2ccc(C(=O)OC(C)C(=O)Nc3cc(S(=O)(=O)N(C)C)ccc3C)cc2C1=O. The van der Waals surface area contributed by atoms with Crippen molar-refractivity contribution in [1.82, 2.24) is 9.21 Å². The van der Waals surface area contributed by atoms with Gasteiger partial charge in [-0.1, -0.05) is 12.1 Å². The second-order valence-electron chi connectivity index (χ2n) is 8.07. The minimum atomic E-state index is -3.71. The molecule has 10 nitrogen and oxygen atoms in total. The van der Waals surface area contributed by atoms with E-state index in [0.717, 1.165) is 9.21 Å². The monoisotopic (exact) mass is 499 g/mol. The maximum Gasteiger partial charge on any atom is 0.338 e. The zero-order chi connectivity index (χ0) is 26.1. The summed E-state index contributed by atoms with van der Waals surface area (Å²) in [5.74, 6) is -2.57. The first-order chi connectivity index (χ1) is 16.4. The van der Waals surface area contributed by atoms with Crippen LogP contribution in [0.5, 0.6) is 0 Å². The predicted molar refractivity (Wildman–Crippen MR) is 128 cm³/mol. The Hall–Kier alpha value is -3.83. The number of sulfonamides is 1. The smallest absolute Gasteiger partial charge is 0.338 e. The first-order valence-corrected chi connectivity index (χ1v) is 12.0. The van der Waals surface area contributed by atoms with Crippen LogP contribution < -0.4 is 5.32 Å². The molecule has 11 heteroatoms. The minimum Gasteiger partial charge on any atom is -0.449 e. The number of anilines is 1. The van der Waals surface area contributed by atoms with Gasteiger partial charge in [-0.2, -0.15) is 0 Å². The Morgan fingerprint density at radius 3 is 2.40 bits per heavy atom. The third-order valence-electron chi connectivity index (χ3n) is 5.42. The van der Waals surface area contributed by atoms with Crippen LogP contribution in [0.3, 0.4) is 0 Å². The second kappa shape index (κ2) is 9.80. The number of amides is 3. The molecule has 1 aliphatic heterocycles. The Labute approximate surface area is 203 Å². The summed E-state index contributed by atoms with van der Waals surface area (Å²) < 4.78 is 31.1. The Morgan fingerprint density at radius 1 is 1.11 bits per heavy atom. The molecular weight excluding hydrogens is 474 g/mol. The molecule has 3 amide bonds. The molecule has 1 heterocycles. The van der Waals surface area contributed by atoms with Gasteiger partial charge in [-0.25, -0.2) is 17.5 Å². The van der Waals surface area contributed by atoms with Crippen LogP contribution >= 0.6 is 0 Å². The highest BCUT2D eigenvalue weighted by Crippen LogP contribution is 2.25. The van der Waals surface area contributed by atoms with Crippen LogP contribution in [-0.2, 0) is 19.6 Å². The third kappa shape index (κ3) is 5.00. The normalized spacial score (nSPS) is 14.0. The van der Waals surface area contributed by atoms with E-state index in [1.807, 2.05) is 0 Å². The molecule has 2 aromatic carbocycles. The van der Waals surface area contributed by atoms with Gasteiger partial charge in [-0.3, -0.25) is 19.3 Å². The molecule has 3 rings (SSSR count). The Balaban J connectivity index is 1.74. The number of carbonyl (C=O) groups is 4. The summed E-state index contributed by atoms with van der Waals surface area (Å²) in [4.78, 5) is 51.1. The molecule has 35 heavy (non-hydrogen) atoms. The van der Waals surface area contributed by atoms with Crippen LogP contribution in [0.15, 0.2) is 53.9 Å². The lowest BCUT2D eigenvalue weighted by atomic mass is 10.1. The van der Waals surface area contributed by atoms with Gasteiger partial charge in [-0.05, 0) is 49.7 Å². The fourth-order valence-electron chi connectivity index (χ4n) is 3.34. The lowest BCUT2D eigenvalue weighted by Gasteiger charge is -2.17. The van der Waals surface area contributed by atoms with Gasteiger partial charge in [0, 0.05) is 26.3 Å². The molecule has 1 N–H and O–H groups in total. The van der Waals surface area contributed by atoms with E-state index in [2.05, 4.69) is 11.9 Å². The number of ether oxygens (including phenoxy) is 1. The Morgan fingerprint density at radius 2 is 1.77 bits per heavy atom. The fraction of sp³-hybridized carbons (Fsp3) is 0.250. The molecular formula is C24H25N3O7S. The number of nitrogens with zero attached hydrogens (tertiary/aromatic N) is 2. The molecule has 0 saturated heterocycles. The van der Waals surface area contributed by atoms with Crippen molar-refractivity contribution >= 4 is 39.4 Å². The average Bonchev–Trinajstić information content (AvgIpc) is 3.04. The third-order valence-corrected chi connectivity index (χ3v) is 7.23. The molecule has 1 unspecified atom stereocenters. The van der Waals surface area contributed by atoms with Crippen molar-refractivity contribution in [3.05, 3.63) is 71.3 Å². The van der Waals surface area contributed by atoms with E-state index >= 15 is 0 Å². The van der Waals surface area contributed by atoms with Crippen LogP contribution in [0.4, 0.5) is 5.69 Å². The van der Waals surface area contributed by atoms with Crippen LogP contribution in [0.1, 0.15) is 43.6 Å². The molecule has 0 bridgehead atoms. The van der Waals surface area contributed by atoms with Gasteiger partial charge >= 0.3 is 5.97 Å². The summed E-state index contributed by atoms with van der Waals surface area (Å²) in [7, 11) is -0.918. The van der Waals surface area contributed by atoms with Gasteiger partial charge < -0.3 is 10.1 Å². The maximum absolute atomic E-state index is 12.7. The number of hydrogen-bond donors (Lipinski definition) is 1. The van der Waals surface area contributed by atoms with E-state index in [1.54, 1.807) is 13.0 Å². The van der Waals surface area contributed by atoms with Gasteiger partial charge in [-0.15, -0.1) is 6.58 Å². The van der Waals surface area contributed by atoms with Gasteiger partial charge in [0.25, 0.3) is 17.7 Å². The van der Waals surface area contributed by atoms with Gasteiger partial charge in [0.2, 0.25) is 10.0 Å². The van der Waals surface area contributed by atoms with Crippen molar-refractivity contribution in [1.29, 1.82) is 0 Å². The first-order valence-electron chi connectivity index (χ1n) is 10.5. The quantitative estimate of drug-likeness (QED) is 0.335. The number of imide groups is 1. The summed E-state index contributed by atoms with van der Waals surface area (Å²) in [5, 5.41) is 2.58. The Bertz CT molecular complexity index is 1350. The van der Waals surface area contributed by atoms with E-state index in [0.29, 0.717) is 5.56 Å². The summed E-state index contributed by atoms with van der Waals surface area (Å²) in [6, 6.07) is 8.27. The summed E-state index contributed by atoms with van der Waals surface area (Å²) in [5.41, 5.74) is 1.10. The van der Waals surface area contributed by atoms with Gasteiger partial charge in [0.05, 0.1) is 21.6 Å². The van der Waals surface area contributed by atoms with E-state index in [4.69, 9.17) is 4.74 Å². The van der Waals surface area contributed by atoms with Gasteiger partial charge in [0.15, 0.2) is 6.10 Å². The molecule has 0 aromatic heterocycles. The van der Waals surface area contributed by atoms with Crippen molar-refractivity contribution in [3.8, 4) is 0 Å². The van der Waals surface area contributed by atoms with Gasteiger partial charge in [0.1, 0.15) is 0 Å². The summed E-state index contributed by atoms with van der Waals surface area (Å²) in [6.07, 6.45) is 0.184. The largest absolute Gasteiger partial charge is 0.449 e. The molecule has 1 atom stereocenters. The highest BCUT2D eigenvalue weighted by atomic mass is 32.2. The second-order valence-corrected chi connectivity index (χ2v) is 10.2. The number of nitrogens with one attached hydrogen (secondary N) is 1. The van der Waals surface area contributed by atoms with Crippen molar-refractivity contribution in [2.45, 2.75) is 24.8 Å². The highest BCUT2D eigenvalue weighted by molar-refractivity contribution is 7.89. The van der Waals surface area contributed by atoms with Crippen molar-refractivity contribution in [2.75, 3.05) is 26.0 Å². The molecule has 0 saturated carbocycles. The standard InChI is InChI=1S/C24H25N3O7S/c1-6-11-27-22(29)18-10-8-16(12-19(18)23(27)30)24(31)34-15(3)21(28)25-20-13-17(9-7-14(20)2)35(32,33)26(4)5/h6-10,12-13,15H,1,11H2,2-5H3,(H,25,28). The van der Waals surface area contributed by atoms with E-state index < -0.39 is 39.8 Å². The average molecular weight is 500 g/mol. The molecule has 0 spiro atoms. The van der Waals surface area contributed by atoms with E-state index in [9.17, 15) is 27.6 Å². The maximum atomic E-state index is 12.7. The summed E-state index contributed by atoms with van der Waals surface area (Å²) in [6.45, 7) is 6.61. The number of benzene rings is 2. The van der Waals surface area contributed by atoms with Crippen LogP contribution in [0.2, 0.25) is 0 Å². The van der Waals surface area contributed by atoms with Crippen LogP contribution in [0.25, 0.3) is 0 Å². The van der Waals surface area contributed by atoms with E-state index in [1.165, 1.54) is 57.4 Å². The number of carbonyl (C=O) groups excluding carboxylic acids is 4. The zero-order valence-corrected chi connectivity index (χ0v) is 20.5. The van der Waals surface area contributed by atoms with Crippen molar-refractivity contribution in [3.63, 3.8) is 0 Å². The zero-order valence-electron chi connectivity index (χ0n) is 19.7. The van der Waals surface area contributed by atoms with E-state index in [-0.39, 0.29) is 33.8 Å². The van der Waals surface area contributed by atoms with Crippen molar-refractivity contribution in [2.24, 2.45) is 0 Å². The predicted octanol–water partition coefficient (Wildman–Crippen LogP) is 2.21. The van der Waals surface area contributed by atoms with Crippen molar-refractivity contribution < 1.29 is 32.3 Å². The lowest BCUT2D eigenvalue weighted by Crippen LogP contribution is -2.30. The highest BCUT2D eigenvalue weighted by Gasteiger charge is 2.35. The number of hydrogen-bond acceptors (Lipinski definition) is 7. The number of rotatable bonds is 8. The first kappa shape index (κ1) is 25.8. The number of fused-ring (bicyclic) bond motifs is 1. The molecule has 2 aromatic rings. The molecule has 0 radical (unpaired) electrons. The van der Waals surface area contributed by atoms with Crippen LogP contribution in [0, 0.1) is 6.92 Å². The number of esters is 1. The minimum absolute atomic E-state index is 0.000238. The van der Waals surface area contributed by atoms with Crippen LogP contribution in [-0.4, -0.2) is 68.1 Å².